The molecule has 1 aromatic carbocycles. The molecule has 0 aliphatic heterocycles. The van der Waals surface area contributed by atoms with Gasteiger partial charge >= 0.3 is 5.69 Å². The lowest BCUT2D eigenvalue weighted by Gasteiger charge is -1.85. The summed E-state index contributed by atoms with van der Waals surface area (Å²) in [7, 11) is 0. The number of rotatable bonds is 0. The summed E-state index contributed by atoms with van der Waals surface area (Å²) in [6, 6.07) is 9.19. The highest BCUT2D eigenvalue weighted by molar-refractivity contribution is 5.77. The van der Waals surface area contributed by atoms with Crippen LogP contribution in [0.4, 0.5) is 0 Å². The molecular weight excluding hydrogens is 152 g/mol. The van der Waals surface area contributed by atoms with E-state index in [1.54, 1.807) is 12.1 Å². The van der Waals surface area contributed by atoms with E-state index < -0.39 is 5.69 Å². The lowest BCUT2D eigenvalue weighted by molar-refractivity contribution is 1.14. The van der Waals surface area contributed by atoms with Gasteiger partial charge in [0.25, 0.3) is 0 Å². The molecule has 1 aromatic heterocycles. The number of aromatic nitrogens is 2. The number of para-hydroxylation sites is 1. The molecule has 3 heteroatoms. The van der Waals surface area contributed by atoms with Crippen molar-refractivity contribution in [1.82, 2.24) is 9.97 Å². The zero-order chi connectivity index (χ0) is 8.39. The van der Waals surface area contributed by atoms with Crippen molar-refractivity contribution in [3.05, 3.63) is 47.0 Å². The quantitative estimate of drug-likeness (QED) is 0.574. The van der Waals surface area contributed by atoms with Crippen LogP contribution in [0.3, 0.4) is 0 Å². The van der Waals surface area contributed by atoms with Crippen LogP contribution < -0.4 is 5.69 Å². The Morgan fingerprint density at radius 3 is 2.83 bits per heavy atom. The highest BCUT2D eigenvalue weighted by Crippen LogP contribution is 2.05. The molecule has 3 nitrogen and oxygen atoms in total. The van der Waals surface area contributed by atoms with Gasteiger partial charge in [-0.1, -0.05) is 18.2 Å². The van der Waals surface area contributed by atoms with E-state index in [-0.39, 0.29) is 0 Å². The van der Waals surface area contributed by atoms with Crippen LogP contribution in [0.5, 0.6) is 0 Å². The van der Waals surface area contributed by atoms with Crippen LogP contribution in [0.1, 0.15) is 0 Å². The molecule has 0 radical (unpaired) electrons. The van der Waals surface area contributed by atoms with Gasteiger partial charge in [-0.05, 0) is 12.1 Å². The Bertz CT molecular complexity index is 468. The van der Waals surface area contributed by atoms with Crippen LogP contribution in [0.15, 0.2) is 41.3 Å². The van der Waals surface area contributed by atoms with E-state index in [9.17, 15) is 4.79 Å². The molecule has 0 spiro atoms. The second-order valence-electron chi connectivity index (χ2n) is 2.40. The molecule has 0 aliphatic carbocycles. The van der Waals surface area contributed by atoms with E-state index >= 15 is 0 Å². The second-order valence-corrected chi connectivity index (χ2v) is 2.40. The molecule has 0 saturated carbocycles. The predicted molar refractivity (Wildman–Crippen MR) is 45.8 cm³/mol. The lowest BCUT2D eigenvalue weighted by atomic mass is 10.2. The van der Waals surface area contributed by atoms with Gasteiger partial charge in [0.05, 0.1) is 5.52 Å². The monoisotopic (exact) mass is 158 g/mol. The van der Waals surface area contributed by atoms with E-state index in [0.717, 1.165) is 5.39 Å². The SMILES string of the molecule is O=c1nccc2ccccc2n1. The molecule has 2 rings (SSSR count). The summed E-state index contributed by atoms with van der Waals surface area (Å²) in [6.07, 6.45) is 1.47. The molecule has 1 heterocycles. The summed E-state index contributed by atoms with van der Waals surface area (Å²) in [4.78, 5) is 18.2. The standard InChI is InChI=1S/C9H6N2O/c12-9-10-6-5-7-3-1-2-4-8(7)11-9/h1-6H. The number of hydrogen-bond donors (Lipinski definition) is 0. The fraction of sp³-hybridized carbons (Fsp3) is 0. The maximum Gasteiger partial charge on any atom is 0.367 e. The Kier molecular flexibility index (Phi) is 1.55. The van der Waals surface area contributed by atoms with Crippen molar-refractivity contribution in [1.29, 1.82) is 0 Å². The van der Waals surface area contributed by atoms with Crippen LogP contribution in [0.25, 0.3) is 10.9 Å². The highest BCUT2D eigenvalue weighted by atomic mass is 16.1. The first-order valence-corrected chi connectivity index (χ1v) is 3.58. The van der Waals surface area contributed by atoms with Gasteiger partial charge in [-0.2, -0.15) is 4.98 Å². The van der Waals surface area contributed by atoms with Crippen molar-refractivity contribution in [3.63, 3.8) is 0 Å². The first kappa shape index (κ1) is 6.91. The average molecular weight is 158 g/mol. The number of hydrogen-bond acceptors (Lipinski definition) is 3. The van der Waals surface area contributed by atoms with Gasteiger partial charge in [0.15, 0.2) is 0 Å². The third-order valence-electron chi connectivity index (χ3n) is 1.59. The maximum absolute atomic E-state index is 10.9. The molecular formula is C9H6N2O. The Hall–Kier alpha value is -1.77. The fourth-order valence-corrected chi connectivity index (χ4v) is 1.04. The highest BCUT2D eigenvalue weighted by Gasteiger charge is 1.90. The predicted octanol–water partition coefficient (Wildman–Crippen LogP) is 0.990. The van der Waals surface area contributed by atoms with Gasteiger partial charge < -0.3 is 0 Å². The fourth-order valence-electron chi connectivity index (χ4n) is 1.04. The van der Waals surface area contributed by atoms with Crippen molar-refractivity contribution < 1.29 is 0 Å². The zero-order valence-corrected chi connectivity index (χ0v) is 6.27. The number of nitrogens with zero attached hydrogens (tertiary/aromatic N) is 2. The minimum absolute atomic E-state index is 0.448. The second kappa shape index (κ2) is 2.70. The molecule has 0 N–H and O–H groups in total. The van der Waals surface area contributed by atoms with Crippen molar-refractivity contribution in [2.45, 2.75) is 0 Å². The average Bonchev–Trinajstić information content (AvgIpc) is 2.25. The molecule has 2 aromatic rings. The first-order chi connectivity index (χ1) is 5.86. The van der Waals surface area contributed by atoms with Crippen LogP contribution in [0, 0.1) is 0 Å². The summed E-state index contributed by atoms with van der Waals surface area (Å²) >= 11 is 0. The summed E-state index contributed by atoms with van der Waals surface area (Å²) in [5.74, 6) is 0. The smallest absolute Gasteiger partial charge is 0.244 e. The Morgan fingerprint density at radius 1 is 1.08 bits per heavy atom. The largest absolute Gasteiger partial charge is 0.367 e. The van der Waals surface area contributed by atoms with Crippen molar-refractivity contribution in [2.75, 3.05) is 0 Å². The van der Waals surface area contributed by atoms with Crippen LogP contribution in [-0.4, -0.2) is 9.97 Å². The van der Waals surface area contributed by atoms with Crippen molar-refractivity contribution >= 4 is 10.9 Å². The molecule has 0 atom stereocenters. The van der Waals surface area contributed by atoms with Gasteiger partial charge in [0, 0.05) is 11.6 Å². The van der Waals surface area contributed by atoms with Crippen molar-refractivity contribution in [3.8, 4) is 0 Å². The van der Waals surface area contributed by atoms with E-state index in [4.69, 9.17) is 0 Å². The molecule has 0 bridgehead atoms. The van der Waals surface area contributed by atoms with Gasteiger partial charge in [-0.25, -0.2) is 9.78 Å². The molecule has 0 aliphatic rings. The normalized spacial score (nSPS) is 10.0. The summed E-state index contributed by atoms with van der Waals surface area (Å²) < 4.78 is 0. The molecule has 0 unspecified atom stereocenters. The summed E-state index contributed by atoms with van der Waals surface area (Å²) in [5, 5.41) is 0.923. The van der Waals surface area contributed by atoms with E-state index in [1.807, 2.05) is 18.2 Å². The van der Waals surface area contributed by atoms with Gasteiger partial charge in [-0.3, -0.25) is 0 Å². The zero-order valence-electron chi connectivity index (χ0n) is 6.27. The third kappa shape index (κ3) is 1.16. The van der Waals surface area contributed by atoms with E-state index in [1.165, 1.54) is 6.20 Å². The van der Waals surface area contributed by atoms with Gasteiger partial charge in [0.2, 0.25) is 0 Å². The van der Waals surface area contributed by atoms with Gasteiger partial charge in [-0.15, -0.1) is 0 Å². The maximum atomic E-state index is 10.9. The number of fused-ring (bicyclic) bond motifs is 1. The van der Waals surface area contributed by atoms with E-state index in [0.29, 0.717) is 5.52 Å². The third-order valence-corrected chi connectivity index (χ3v) is 1.59. The Labute approximate surface area is 68.7 Å². The summed E-state index contributed by atoms with van der Waals surface area (Å²) in [6.45, 7) is 0. The molecule has 12 heavy (non-hydrogen) atoms. The number of benzene rings is 1. The molecule has 0 fully saturated rings. The van der Waals surface area contributed by atoms with Crippen molar-refractivity contribution in [2.24, 2.45) is 0 Å². The Morgan fingerprint density at radius 2 is 1.92 bits per heavy atom. The molecule has 0 amide bonds. The van der Waals surface area contributed by atoms with Crippen LogP contribution in [0.2, 0.25) is 0 Å². The lowest BCUT2D eigenvalue weighted by Crippen LogP contribution is -2.03. The first-order valence-electron chi connectivity index (χ1n) is 3.58. The van der Waals surface area contributed by atoms with Crippen LogP contribution in [-0.2, 0) is 0 Å². The topological polar surface area (TPSA) is 42.9 Å². The van der Waals surface area contributed by atoms with Crippen LogP contribution >= 0.6 is 0 Å². The Balaban J connectivity index is 2.98. The molecule has 0 saturated heterocycles. The van der Waals surface area contributed by atoms with E-state index in [2.05, 4.69) is 9.97 Å². The molecule has 58 valence electrons. The minimum Gasteiger partial charge on any atom is -0.244 e. The minimum atomic E-state index is -0.448. The summed E-state index contributed by atoms with van der Waals surface area (Å²) in [5.41, 5.74) is 0.233. The van der Waals surface area contributed by atoms with Gasteiger partial charge in [0.1, 0.15) is 0 Å².